The molecule has 17 nitrogen and oxygen atoms in total. The molecule has 2 saturated heterocycles. The van der Waals surface area contributed by atoms with Crippen molar-refractivity contribution in [2.24, 2.45) is 11.7 Å². The molecule has 0 saturated carbocycles. The Bertz CT molecular complexity index is 1860. The first-order valence-corrected chi connectivity index (χ1v) is 18.9. The lowest BCUT2D eigenvalue weighted by atomic mass is 9.94. The van der Waals surface area contributed by atoms with Crippen molar-refractivity contribution in [1.82, 2.24) is 28.9 Å². The van der Waals surface area contributed by atoms with E-state index in [-0.39, 0.29) is 11.3 Å². The highest BCUT2D eigenvalue weighted by Crippen LogP contribution is 2.52. The standard InChI is InChI=1S/C24H28FN7O10P2S2/c1-11-18(33)14(40-19(11)12-2-3-27-13(6-12)21(26)34)7-39-44(37,46)42-20-15(8-38-43(35,36)45)41-24(16(20)25)32-10-29-17-22-28-4-5-31(22)9-30-23(17)32/h2-6,9-11,14-16,18-20,24,33H,7-8H2,1H3,(H2,26,34)(H,37,46)(H2,35,36,45)/t11-,14-,15-,16-,18+,19-,20-,24-,44?/m1/s1. The van der Waals surface area contributed by atoms with E-state index in [0.29, 0.717) is 16.7 Å². The summed E-state index contributed by atoms with van der Waals surface area (Å²) in [6.07, 6.45) is -1.92. The SMILES string of the molecule is C[C@@H]1[C@H](O)[C@@H](COP(O)(=S)O[C@H]2[C@@H](F)[C@H](n3cnc4c3ncn3ccnc43)O[C@@H]2COP(=O)(O)S)O[C@H]1c1ccnc(C(N)=O)c1. The van der Waals surface area contributed by atoms with Crippen molar-refractivity contribution in [2.45, 2.75) is 49.8 Å². The fourth-order valence-electron chi connectivity index (χ4n) is 5.42. The number of nitrogens with zero attached hydrogens (tertiary/aromatic N) is 6. The van der Waals surface area contributed by atoms with Crippen LogP contribution in [0.1, 0.15) is 35.3 Å². The van der Waals surface area contributed by atoms with E-state index in [0.717, 1.165) is 0 Å². The third-order valence-electron chi connectivity index (χ3n) is 7.64. The molecule has 0 spiro atoms. The molecule has 5 N–H and O–H groups in total. The van der Waals surface area contributed by atoms with Crippen molar-refractivity contribution in [3.63, 3.8) is 0 Å². The number of halogens is 1. The van der Waals surface area contributed by atoms with E-state index in [9.17, 15) is 24.3 Å². The molecule has 1 amide bonds. The number of ether oxygens (including phenoxy) is 2. The zero-order valence-corrected chi connectivity index (χ0v) is 27.2. The number of thiol groups is 1. The predicted molar refractivity (Wildman–Crippen MR) is 163 cm³/mol. The number of hydrogen-bond acceptors (Lipinski definition) is 13. The third kappa shape index (κ3) is 6.76. The van der Waals surface area contributed by atoms with E-state index in [1.165, 1.54) is 29.5 Å². The molecular weight excluding hydrogens is 691 g/mol. The van der Waals surface area contributed by atoms with Crippen LogP contribution in [0.4, 0.5) is 4.39 Å². The number of aliphatic hydroxyl groups is 1. The molecule has 2 aliphatic rings. The number of nitrogens with two attached hydrogens (primary N) is 1. The maximum absolute atomic E-state index is 16.1. The normalized spacial score (nSPS) is 30.9. The second-order valence-electron chi connectivity index (χ2n) is 10.6. The Hall–Kier alpha value is -2.45. The smallest absolute Gasteiger partial charge is 0.383 e. The number of imidazole rings is 2. The van der Waals surface area contributed by atoms with Crippen LogP contribution in [0.25, 0.3) is 16.8 Å². The van der Waals surface area contributed by atoms with Crippen molar-refractivity contribution < 1.29 is 51.7 Å². The van der Waals surface area contributed by atoms with Gasteiger partial charge in [-0.25, -0.2) is 23.9 Å². The molecule has 248 valence electrons. The molecule has 6 heterocycles. The van der Waals surface area contributed by atoms with E-state index in [1.54, 1.807) is 29.8 Å². The van der Waals surface area contributed by atoms with Crippen LogP contribution in [0.5, 0.6) is 0 Å². The highest BCUT2D eigenvalue weighted by atomic mass is 32.7. The number of carbonyl (C=O) groups excluding carboxylic acids is 1. The van der Waals surface area contributed by atoms with Gasteiger partial charge in [-0.05, 0) is 29.5 Å². The molecule has 4 aromatic rings. The quantitative estimate of drug-likeness (QED) is 0.110. The average molecular weight is 720 g/mol. The number of fused-ring (bicyclic) bond motifs is 3. The summed E-state index contributed by atoms with van der Waals surface area (Å²) in [5.41, 5.74) is 6.92. The van der Waals surface area contributed by atoms with Crippen LogP contribution in [0.2, 0.25) is 0 Å². The van der Waals surface area contributed by atoms with Crippen molar-refractivity contribution in [1.29, 1.82) is 0 Å². The number of carbonyl (C=O) groups is 1. The van der Waals surface area contributed by atoms with Crippen molar-refractivity contribution in [2.75, 3.05) is 13.2 Å². The van der Waals surface area contributed by atoms with Crippen LogP contribution in [-0.4, -0.2) is 93.5 Å². The maximum Gasteiger partial charge on any atom is 0.383 e. The van der Waals surface area contributed by atoms with Gasteiger partial charge in [0.15, 0.2) is 29.2 Å². The van der Waals surface area contributed by atoms with Crippen LogP contribution >= 0.6 is 25.8 Å². The number of primary amides is 1. The summed E-state index contributed by atoms with van der Waals surface area (Å²) < 4.78 is 58.5. The topological polar surface area (TPSA) is 228 Å². The van der Waals surface area contributed by atoms with E-state index in [1.807, 2.05) is 0 Å². The highest BCUT2D eigenvalue weighted by Gasteiger charge is 2.51. The Morgan fingerprint density at radius 2 is 1.89 bits per heavy atom. The van der Waals surface area contributed by atoms with Crippen molar-refractivity contribution >= 4 is 60.3 Å². The van der Waals surface area contributed by atoms with Crippen molar-refractivity contribution in [3.05, 3.63) is 54.6 Å². The van der Waals surface area contributed by atoms with Gasteiger partial charge in [0.25, 0.3) is 5.91 Å². The Labute approximate surface area is 269 Å². The molecule has 10 atom stereocenters. The van der Waals surface area contributed by atoms with Gasteiger partial charge in [-0.2, -0.15) is 0 Å². The molecule has 6 rings (SSSR count). The Kier molecular flexibility index (Phi) is 9.36. The Balaban J connectivity index is 1.18. The van der Waals surface area contributed by atoms with Gasteiger partial charge in [0, 0.05) is 24.5 Å². The summed E-state index contributed by atoms with van der Waals surface area (Å²) in [4.78, 5) is 48.8. The summed E-state index contributed by atoms with van der Waals surface area (Å²) in [7, 11) is 0. The highest BCUT2D eigenvalue weighted by molar-refractivity contribution is 8.44. The number of pyridine rings is 1. The van der Waals surface area contributed by atoms with Crippen LogP contribution in [0.15, 0.2) is 43.4 Å². The minimum absolute atomic E-state index is 0.0166. The van der Waals surface area contributed by atoms with Gasteiger partial charge < -0.3 is 34.6 Å². The van der Waals surface area contributed by atoms with Gasteiger partial charge in [0.05, 0.1) is 31.7 Å². The molecule has 0 aromatic carbocycles. The largest absolute Gasteiger partial charge is 0.390 e. The summed E-state index contributed by atoms with van der Waals surface area (Å²) in [6, 6.07) is 3.06. The summed E-state index contributed by atoms with van der Waals surface area (Å²) in [5.74, 6) is -1.21. The van der Waals surface area contributed by atoms with Gasteiger partial charge in [0.2, 0.25) is 0 Å². The molecule has 2 aliphatic heterocycles. The molecule has 0 bridgehead atoms. The molecule has 22 heteroatoms. The van der Waals surface area contributed by atoms with Crippen LogP contribution in [0, 0.1) is 5.92 Å². The first-order chi connectivity index (χ1) is 21.7. The lowest BCUT2D eigenvalue weighted by Crippen LogP contribution is -2.34. The predicted octanol–water partition coefficient (Wildman–Crippen LogP) is 1.61. The van der Waals surface area contributed by atoms with Gasteiger partial charge in [-0.15, -0.1) is 0 Å². The Morgan fingerprint density at radius 1 is 1.13 bits per heavy atom. The monoisotopic (exact) mass is 719 g/mol. The van der Waals surface area contributed by atoms with E-state index < -0.39 is 81.5 Å². The second-order valence-corrected chi connectivity index (χ2v) is 16.2. The van der Waals surface area contributed by atoms with Gasteiger partial charge in [0.1, 0.15) is 30.3 Å². The first-order valence-electron chi connectivity index (χ1n) is 13.6. The summed E-state index contributed by atoms with van der Waals surface area (Å²) in [5, 5.41) is 10.8. The minimum atomic E-state index is -4.33. The zero-order valence-electron chi connectivity index (χ0n) is 23.7. The first kappa shape index (κ1) is 33.5. The zero-order chi connectivity index (χ0) is 33.0. The van der Waals surface area contributed by atoms with Gasteiger partial charge in [-0.3, -0.25) is 27.8 Å². The second kappa shape index (κ2) is 12.9. The average Bonchev–Trinajstić information content (AvgIpc) is 3.77. The van der Waals surface area contributed by atoms with Crippen LogP contribution in [0.3, 0.4) is 0 Å². The Morgan fingerprint density at radius 3 is 2.63 bits per heavy atom. The van der Waals surface area contributed by atoms with E-state index in [2.05, 4.69) is 32.2 Å². The molecule has 0 aliphatic carbocycles. The number of hydrogen-bond donors (Lipinski definition) is 5. The molecule has 4 aromatic heterocycles. The number of aliphatic hydroxyl groups excluding tert-OH is 1. The molecule has 46 heavy (non-hydrogen) atoms. The lowest BCUT2D eigenvalue weighted by molar-refractivity contribution is -0.0435. The fourth-order valence-corrected chi connectivity index (χ4v) is 7.40. The van der Waals surface area contributed by atoms with Crippen LogP contribution in [-0.2, 0) is 39.4 Å². The number of alkyl halides is 1. The molecule has 2 fully saturated rings. The number of aromatic nitrogens is 6. The van der Waals surface area contributed by atoms with E-state index in [4.69, 9.17) is 40.6 Å². The summed E-state index contributed by atoms with van der Waals surface area (Å²) >= 11 is 8.66. The molecule has 0 radical (unpaired) electrons. The van der Waals surface area contributed by atoms with Crippen LogP contribution < -0.4 is 5.73 Å². The molecular formula is C24H28FN7O10P2S2. The van der Waals surface area contributed by atoms with E-state index >= 15 is 4.39 Å². The van der Waals surface area contributed by atoms with Gasteiger partial charge in [-0.1, -0.05) is 19.2 Å². The fraction of sp³-hybridized carbons (Fsp3) is 0.458. The number of rotatable bonds is 11. The molecule has 2 unspecified atom stereocenters. The van der Waals surface area contributed by atoms with Crippen molar-refractivity contribution in [3.8, 4) is 0 Å². The number of amides is 1. The van der Waals surface area contributed by atoms with Gasteiger partial charge >= 0.3 is 13.5 Å². The summed E-state index contributed by atoms with van der Waals surface area (Å²) in [6.45, 7) is -8.00. The third-order valence-corrected chi connectivity index (χ3v) is 10.0. The maximum atomic E-state index is 16.1. The minimum Gasteiger partial charge on any atom is -0.390 e. The lowest BCUT2D eigenvalue weighted by Gasteiger charge is -2.26.